The van der Waals surface area contributed by atoms with E-state index >= 15 is 0 Å². The van der Waals surface area contributed by atoms with Crippen LogP contribution in [0.4, 0.5) is 0 Å². The monoisotopic (exact) mass is 213 g/mol. The molecule has 0 aliphatic carbocycles. The standard InChI is InChI=1S/C9H15N3OS/c1-2-7(10)9-12-11-8(13-9)6-3-4-14-5-6/h6-7H,2-5,10H2,1H3. The van der Waals surface area contributed by atoms with Crippen molar-refractivity contribution in [3.63, 3.8) is 0 Å². The Labute approximate surface area is 87.6 Å². The van der Waals surface area contributed by atoms with Crippen molar-refractivity contribution in [1.29, 1.82) is 0 Å². The van der Waals surface area contributed by atoms with Crippen molar-refractivity contribution in [2.24, 2.45) is 5.73 Å². The van der Waals surface area contributed by atoms with Crippen LogP contribution in [0.15, 0.2) is 4.42 Å². The summed E-state index contributed by atoms with van der Waals surface area (Å²) in [6, 6.07) is -0.106. The van der Waals surface area contributed by atoms with E-state index in [2.05, 4.69) is 10.2 Å². The zero-order valence-electron chi connectivity index (χ0n) is 8.27. The van der Waals surface area contributed by atoms with E-state index in [9.17, 15) is 0 Å². The number of hydrogen-bond acceptors (Lipinski definition) is 5. The molecule has 4 nitrogen and oxygen atoms in total. The van der Waals surface area contributed by atoms with Crippen molar-refractivity contribution in [3.05, 3.63) is 11.8 Å². The second-order valence-electron chi connectivity index (χ2n) is 3.55. The first-order valence-corrected chi connectivity index (χ1v) is 6.13. The summed E-state index contributed by atoms with van der Waals surface area (Å²) in [4.78, 5) is 0. The van der Waals surface area contributed by atoms with Gasteiger partial charge in [-0.25, -0.2) is 0 Å². The molecule has 2 atom stereocenters. The van der Waals surface area contributed by atoms with Crippen LogP contribution in [-0.2, 0) is 0 Å². The summed E-state index contributed by atoms with van der Waals surface area (Å²) in [5.41, 5.74) is 5.80. The van der Waals surface area contributed by atoms with E-state index < -0.39 is 0 Å². The summed E-state index contributed by atoms with van der Waals surface area (Å²) < 4.78 is 5.56. The molecule has 0 aromatic carbocycles. The molecule has 5 heteroatoms. The molecule has 2 N–H and O–H groups in total. The van der Waals surface area contributed by atoms with E-state index in [4.69, 9.17) is 10.2 Å². The molecule has 0 amide bonds. The Kier molecular flexibility index (Phi) is 3.08. The van der Waals surface area contributed by atoms with E-state index in [1.165, 1.54) is 5.75 Å². The maximum Gasteiger partial charge on any atom is 0.233 e. The average Bonchev–Trinajstić information content (AvgIpc) is 2.86. The van der Waals surface area contributed by atoms with Gasteiger partial charge in [-0.15, -0.1) is 10.2 Å². The van der Waals surface area contributed by atoms with Crippen molar-refractivity contribution in [2.45, 2.75) is 31.7 Å². The van der Waals surface area contributed by atoms with Gasteiger partial charge in [0.15, 0.2) is 0 Å². The van der Waals surface area contributed by atoms with Crippen LogP contribution in [0.5, 0.6) is 0 Å². The maximum absolute atomic E-state index is 5.80. The molecule has 1 aliphatic rings. The molecule has 0 saturated carbocycles. The molecule has 1 aliphatic heterocycles. The molecule has 0 radical (unpaired) electrons. The van der Waals surface area contributed by atoms with Gasteiger partial charge in [-0.1, -0.05) is 6.92 Å². The lowest BCUT2D eigenvalue weighted by Crippen LogP contribution is -2.08. The Hall–Kier alpha value is -0.550. The summed E-state index contributed by atoms with van der Waals surface area (Å²) in [7, 11) is 0. The van der Waals surface area contributed by atoms with Gasteiger partial charge in [0.2, 0.25) is 11.8 Å². The molecule has 2 heterocycles. The fourth-order valence-electron chi connectivity index (χ4n) is 1.47. The number of hydrogen-bond donors (Lipinski definition) is 1. The highest BCUT2D eigenvalue weighted by atomic mass is 32.2. The number of rotatable bonds is 3. The van der Waals surface area contributed by atoms with Gasteiger partial charge in [-0.2, -0.15) is 11.8 Å². The first kappa shape index (κ1) is 9.98. The first-order chi connectivity index (χ1) is 6.81. The highest BCUT2D eigenvalue weighted by Gasteiger charge is 2.24. The second kappa shape index (κ2) is 4.31. The van der Waals surface area contributed by atoms with Gasteiger partial charge < -0.3 is 10.2 Å². The van der Waals surface area contributed by atoms with E-state index in [1.54, 1.807) is 0 Å². The lowest BCUT2D eigenvalue weighted by Gasteiger charge is -2.02. The average molecular weight is 213 g/mol. The van der Waals surface area contributed by atoms with Crippen LogP contribution in [0.25, 0.3) is 0 Å². The molecular formula is C9H15N3OS. The van der Waals surface area contributed by atoms with Gasteiger partial charge >= 0.3 is 0 Å². The van der Waals surface area contributed by atoms with Crippen molar-refractivity contribution in [2.75, 3.05) is 11.5 Å². The molecule has 2 rings (SSSR count). The molecule has 2 unspecified atom stereocenters. The Morgan fingerprint density at radius 1 is 1.64 bits per heavy atom. The number of nitrogens with zero attached hydrogens (tertiary/aromatic N) is 2. The fraction of sp³-hybridized carbons (Fsp3) is 0.778. The van der Waals surface area contributed by atoms with Crippen LogP contribution in [0.3, 0.4) is 0 Å². The minimum Gasteiger partial charge on any atom is -0.423 e. The summed E-state index contributed by atoms with van der Waals surface area (Å²) >= 11 is 1.94. The van der Waals surface area contributed by atoms with E-state index in [0.29, 0.717) is 11.8 Å². The Morgan fingerprint density at radius 3 is 3.14 bits per heavy atom. The highest BCUT2D eigenvalue weighted by molar-refractivity contribution is 7.99. The topological polar surface area (TPSA) is 64.9 Å². The number of thioether (sulfide) groups is 1. The van der Waals surface area contributed by atoms with E-state index in [-0.39, 0.29) is 6.04 Å². The van der Waals surface area contributed by atoms with Gasteiger partial charge in [0, 0.05) is 11.7 Å². The van der Waals surface area contributed by atoms with Gasteiger partial charge in [-0.05, 0) is 18.6 Å². The van der Waals surface area contributed by atoms with Gasteiger partial charge in [-0.3, -0.25) is 0 Å². The molecular weight excluding hydrogens is 198 g/mol. The lowest BCUT2D eigenvalue weighted by molar-refractivity contribution is 0.396. The molecule has 78 valence electrons. The molecule has 1 saturated heterocycles. The largest absolute Gasteiger partial charge is 0.423 e. The summed E-state index contributed by atoms with van der Waals surface area (Å²) in [6.07, 6.45) is 1.98. The zero-order chi connectivity index (χ0) is 9.97. The molecule has 1 aromatic heterocycles. The van der Waals surface area contributed by atoms with Crippen LogP contribution >= 0.6 is 11.8 Å². The quantitative estimate of drug-likeness (QED) is 0.827. The predicted octanol–water partition coefficient (Wildman–Crippen LogP) is 1.70. The van der Waals surface area contributed by atoms with Crippen LogP contribution in [0.1, 0.15) is 43.5 Å². The van der Waals surface area contributed by atoms with E-state index in [0.717, 1.165) is 24.5 Å². The zero-order valence-corrected chi connectivity index (χ0v) is 9.09. The maximum atomic E-state index is 5.80. The molecule has 14 heavy (non-hydrogen) atoms. The molecule has 0 spiro atoms. The van der Waals surface area contributed by atoms with Crippen LogP contribution in [0, 0.1) is 0 Å². The summed E-state index contributed by atoms with van der Waals surface area (Å²) in [6.45, 7) is 2.01. The van der Waals surface area contributed by atoms with Crippen molar-refractivity contribution < 1.29 is 4.42 Å². The normalized spacial score (nSPS) is 24.0. The number of nitrogens with two attached hydrogens (primary N) is 1. The fourth-order valence-corrected chi connectivity index (χ4v) is 2.68. The third kappa shape index (κ3) is 1.93. The van der Waals surface area contributed by atoms with E-state index in [1.807, 2.05) is 18.7 Å². The minimum absolute atomic E-state index is 0.106. The van der Waals surface area contributed by atoms with Crippen LogP contribution in [-0.4, -0.2) is 21.7 Å². The SMILES string of the molecule is CCC(N)c1nnc(C2CCSC2)o1. The first-order valence-electron chi connectivity index (χ1n) is 4.98. The molecule has 1 aromatic rings. The van der Waals surface area contributed by atoms with Crippen LogP contribution in [0.2, 0.25) is 0 Å². The van der Waals surface area contributed by atoms with Gasteiger partial charge in [0.05, 0.1) is 6.04 Å². The van der Waals surface area contributed by atoms with Gasteiger partial charge in [0.25, 0.3) is 0 Å². The smallest absolute Gasteiger partial charge is 0.233 e. The third-order valence-corrected chi connectivity index (χ3v) is 3.65. The molecule has 0 bridgehead atoms. The Balaban J connectivity index is 2.08. The Morgan fingerprint density at radius 2 is 2.50 bits per heavy atom. The summed E-state index contributed by atoms with van der Waals surface area (Å²) in [5, 5.41) is 8.04. The van der Waals surface area contributed by atoms with Crippen LogP contribution < -0.4 is 5.73 Å². The second-order valence-corrected chi connectivity index (χ2v) is 4.70. The minimum atomic E-state index is -0.106. The molecule has 1 fully saturated rings. The Bertz CT molecular complexity index is 296. The van der Waals surface area contributed by atoms with Crippen molar-refractivity contribution >= 4 is 11.8 Å². The predicted molar refractivity (Wildman–Crippen MR) is 56.2 cm³/mol. The van der Waals surface area contributed by atoms with Gasteiger partial charge in [0.1, 0.15) is 0 Å². The third-order valence-electron chi connectivity index (χ3n) is 2.49. The summed E-state index contributed by atoms with van der Waals surface area (Å²) in [5.74, 6) is 4.10. The lowest BCUT2D eigenvalue weighted by atomic mass is 10.1. The van der Waals surface area contributed by atoms with Crippen molar-refractivity contribution in [1.82, 2.24) is 10.2 Å². The highest BCUT2D eigenvalue weighted by Crippen LogP contribution is 2.31. The van der Waals surface area contributed by atoms with Crippen molar-refractivity contribution in [3.8, 4) is 0 Å². The number of aromatic nitrogens is 2.